The molecule has 34 heavy (non-hydrogen) atoms. The summed E-state index contributed by atoms with van der Waals surface area (Å²) in [5, 5.41) is 5.86. The molecule has 0 unspecified atom stereocenters. The SMILES string of the molecule is O=C(NCCCC(=O)N1CCN(S(=O)(=O)c2ccc3c(c2)CCCC3)CC1)NC1CCCCC1. The van der Waals surface area contributed by atoms with Gasteiger partial charge in [-0.2, -0.15) is 4.31 Å². The standard InChI is InChI=1S/C25H38N4O4S/c30-24(11-6-14-26-25(31)27-22-9-2-1-3-10-22)28-15-17-29(18-16-28)34(32,33)23-13-12-20-7-4-5-8-21(20)19-23/h12-13,19,22H,1-11,14-18H2,(H2,26,27,31). The molecule has 1 aromatic rings. The minimum atomic E-state index is -3.55. The Morgan fingerprint density at radius 1 is 0.912 bits per heavy atom. The Morgan fingerprint density at radius 2 is 1.62 bits per heavy atom. The first kappa shape index (κ1) is 25.0. The third kappa shape index (κ3) is 6.30. The van der Waals surface area contributed by atoms with Crippen molar-refractivity contribution in [1.29, 1.82) is 0 Å². The molecule has 2 aliphatic carbocycles. The van der Waals surface area contributed by atoms with Crippen molar-refractivity contribution in [3.63, 3.8) is 0 Å². The number of hydrogen-bond donors (Lipinski definition) is 2. The second-order valence-corrected chi connectivity index (χ2v) is 11.7. The highest BCUT2D eigenvalue weighted by Crippen LogP contribution is 2.26. The van der Waals surface area contributed by atoms with Crippen molar-refractivity contribution in [3.8, 4) is 0 Å². The Labute approximate surface area is 203 Å². The number of carbonyl (C=O) groups is 2. The third-order valence-corrected chi connectivity index (χ3v) is 9.24. The first-order valence-corrected chi connectivity index (χ1v) is 14.3. The van der Waals surface area contributed by atoms with Crippen LogP contribution >= 0.6 is 0 Å². The van der Waals surface area contributed by atoms with Crippen LogP contribution in [0.15, 0.2) is 23.1 Å². The molecular weight excluding hydrogens is 452 g/mol. The van der Waals surface area contributed by atoms with Crippen LogP contribution in [0.2, 0.25) is 0 Å². The molecule has 1 aromatic carbocycles. The number of nitrogens with one attached hydrogen (secondary N) is 2. The van der Waals surface area contributed by atoms with E-state index in [1.54, 1.807) is 11.0 Å². The lowest BCUT2D eigenvalue weighted by Gasteiger charge is -2.34. The van der Waals surface area contributed by atoms with Gasteiger partial charge in [-0.3, -0.25) is 4.79 Å². The smallest absolute Gasteiger partial charge is 0.315 e. The summed E-state index contributed by atoms with van der Waals surface area (Å²) in [5.74, 6) is 0.0142. The Hall–Kier alpha value is -2.13. The number of urea groups is 1. The van der Waals surface area contributed by atoms with Gasteiger partial charge in [0, 0.05) is 45.2 Å². The molecule has 9 heteroatoms. The maximum Gasteiger partial charge on any atom is 0.315 e. The Balaban J connectivity index is 1.18. The lowest BCUT2D eigenvalue weighted by molar-refractivity contribution is -0.132. The van der Waals surface area contributed by atoms with Crippen LogP contribution in [-0.2, 0) is 27.7 Å². The summed E-state index contributed by atoms with van der Waals surface area (Å²) >= 11 is 0. The van der Waals surface area contributed by atoms with Crippen LogP contribution in [0.25, 0.3) is 0 Å². The normalized spacial score (nSPS) is 19.9. The molecule has 0 spiro atoms. The first-order valence-electron chi connectivity index (χ1n) is 12.9. The molecule has 188 valence electrons. The summed E-state index contributed by atoms with van der Waals surface area (Å²) in [5.41, 5.74) is 2.42. The molecule has 2 N–H and O–H groups in total. The number of piperazine rings is 1. The van der Waals surface area contributed by atoms with Crippen LogP contribution in [0.4, 0.5) is 4.79 Å². The molecule has 3 amide bonds. The molecule has 8 nitrogen and oxygen atoms in total. The fraction of sp³-hybridized carbons (Fsp3) is 0.680. The highest BCUT2D eigenvalue weighted by atomic mass is 32.2. The Kier molecular flexibility index (Phi) is 8.47. The van der Waals surface area contributed by atoms with Crippen LogP contribution in [-0.4, -0.2) is 68.3 Å². The van der Waals surface area contributed by atoms with Gasteiger partial charge < -0.3 is 15.5 Å². The molecular formula is C25H38N4O4S. The fourth-order valence-corrected chi connectivity index (χ4v) is 6.75. The number of hydrogen-bond acceptors (Lipinski definition) is 4. The van der Waals surface area contributed by atoms with Crippen molar-refractivity contribution in [3.05, 3.63) is 29.3 Å². The van der Waals surface area contributed by atoms with E-state index in [9.17, 15) is 18.0 Å². The molecule has 0 bridgehead atoms. The van der Waals surface area contributed by atoms with Gasteiger partial charge >= 0.3 is 6.03 Å². The van der Waals surface area contributed by atoms with Crippen molar-refractivity contribution >= 4 is 22.0 Å². The first-order chi connectivity index (χ1) is 16.4. The fourth-order valence-electron chi connectivity index (χ4n) is 5.28. The zero-order chi connectivity index (χ0) is 24.0. The van der Waals surface area contributed by atoms with E-state index in [1.165, 1.54) is 35.6 Å². The highest BCUT2D eigenvalue weighted by Gasteiger charge is 2.30. The number of rotatable bonds is 7. The van der Waals surface area contributed by atoms with Gasteiger partial charge in [-0.15, -0.1) is 0 Å². The molecule has 3 aliphatic rings. The maximum atomic E-state index is 13.1. The third-order valence-electron chi connectivity index (χ3n) is 7.34. The monoisotopic (exact) mass is 490 g/mol. The van der Waals surface area contributed by atoms with Crippen LogP contribution in [0.1, 0.15) is 68.9 Å². The molecule has 2 fully saturated rings. The zero-order valence-corrected chi connectivity index (χ0v) is 20.9. The van der Waals surface area contributed by atoms with Gasteiger partial charge in [-0.25, -0.2) is 13.2 Å². The molecule has 1 aliphatic heterocycles. The van der Waals surface area contributed by atoms with Gasteiger partial charge in [0.15, 0.2) is 0 Å². The number of aryl methyl sites for hydroxylation is 2. The van der Waals surface area contributed by atoms with Gasteiger partial charge in [0.2, 0.25) is 15.9 Å². The van der Waals surface area contributed by atoms with Crippen LogP contribution in [0.3, 0.4) is 0 Å². The van der Waals surface area contributed by atoms with Crippen LogP contribution in [0.5, 0.6) is 0 Å². The van der Waals surface area contributed by atoms with Gasteiger partial charge in [0.05, 0.1) is 4.90 Å². The highest BCUT2D eigenvalue weighted by molar-refractivity contribution is 7.89. The molecule has 1 saturated heterocycles. The van der Waals surface area contributed by atoms with E-state index >= 15 is 0 Å². The predicted octanol–water partition coefficient (Wildman–Crippen LogP) is 2.81. The largest absolute Gasteiger partial charge is 0.340 e. The quantitative estimate of drug-likeness (QED) is 0.574. The average Bonchev–Trinajstić information content (AvgIpc) is 2.87. The summed E-state index contributed by atoms with van der Waals surface area (Å²) < 4.78 is 27.8. The number of carbonyl (C=O) groups excluding carboxylic acids is 2. The minimum absolute atomic E-state index is 0.0142. The molecule has 0 aromatic heterocycles. The van der Waals surface area contributed by atoms with Crippen molar-refractivity contribution in [2.75, 3.05) is 32.7 Å². The minimum Gasteiger partial charge on any atom is -0.340 e. The number of sulfonamides is 1. The number of nitrogens with zero attached hydrogens (tertiary/aromatic N) is 2. The summed E-state index contributed by atoms with van der Waals surface area (Å²) in [7, 11) is -3.55. The lowest BCUT2D eigenvalue weighted by atomic mass is 9.92. The van der Waals surface area contributed by atoms with E-state index < -0.39 is 10.0 Å². The Bertz CT molecular complexity index is 967. The number of benzene rings is 1. The zero-order valence-electron chi connectivity index (χ0n) is 20.1. The van der Waals surface area contributed by atoms with Crippen molar-refractivity contribution in [2.24, 2.45) is 0 Å². The lowest BCUT2D eigenvalue weighted by Crippen LogP contribution is -2.50. The van der Waals surface area contributed by atoms with E-state index in [0.717, 1.165) is 37.7 Å². The van der Waals surface area contributed by atoms with Gasteiger partial charge in [-0.05, 0) is 68.2 Å². The van der Waals surface area contributed by atoms with Gasteiger partial charge in [0.1, 0.15) is 0 Å². The Morgan fingerprint density at radius 3 is 2.35 bits per heavy atom. The summed E-state index contributed by atoms with van der Waals surface area (Å²) in [6, 6.07) is 5.65. The number of fused-ring (bicyclic) bond motifs is 1. The van der Waals surface area contributed by atoms with Crippen LogP contribution in [0, 0.1) is 0 Å². The van der Waals surface area contributed by atoms with E-state index in [2.05, 4.69) is 10.6 Å². The summed E-state index contributed by atoms with van der Waals surface area (Å²) in [6.45, 7) is 1.88. The van der Waals surface area contributed by atoms with E-state index in [4.69, 9.17) is 0 Å². The van der Waals surface area contributed by atoms with Crippen molar-refractivity contribution < 1.29 is 18.0 Å². The molecule has 0 radical (unpaired) electrons. The molecule has 1 heterocycles. The van der Waals surface area contributed by atoms with Crippen molar-refractivity contribution in [2.45, 2.75) is 81.6 Å². The molecule has 1 saturated carbocycles. The maximum absolute atomic E-state index is 13.1. The van der Waals surface area contributed by atoms with Crippen LogP contribution < -0.4 is 10.6 Å². The van der Waals surface area contributed by atoms with E-state index in [-0.39, 0.29) is 18.0 Å². The molecule has 4 rings (SSSR count). The second kappa shape index (κ2) is 11.5. The topological polar surface area (TPSA) is 98.8 Å². The summed E-state index contributed by atoms with van der Waals surface area (Å²) in [6.07, 6.45) is 10.8. The van der Waals surface area contributed by atoms with Crippen molar-refractivity contribution in [1.82, 2.24) is 19.8 Å². The molecule has 0 atom stereocenters. The predicted molar refractivity (Wildman–Crippen MR) is 131 cm³/mol. The summed E-state index contributed by atoms with van der Waals surface area (Å²) in [4.78, 5) is 26.7. The second-order valence-electron chi connectivity index (χ2n) is 9.76. The van der Waals surface area contributed by atoms with E-state index in [0.29, 0.717) is 50.5 Å². The van der Waals surface area contributed by atoms with E-state index in [1.807, 2.05) is 12.1 Å². The average molecular weight is 491 g/mol. The van der Waals surface area contributed by atoms with Gasteiger partial charge in [-0.1, -0.05) is 25.3 Å². The number of amides is 3. The van der Waals surface area contributed by atoms with Gasteiger partial charge in [0.25, 0.3) is 0 Å².